The first-order valence-corrected chi connectivity index (χ1v) is 17.7. The first kappa shape index (κ1) is 33.9. The molecule has 22 heteroatoms. The minimum Gasteiger partial charge on any atom is -0.505 e. The molecular weight excluding hydrogens is 690 g/mol. The first-order valence-electron chi connectivity index (χ1n) is 13.2. The predicted molar refractivity (Wildman–Crippen MR) is 162 cm³/mol. The SMILES string of the molecule is O=S(=O)(O)OCCS(=O)(=O)c1ccc(N=Nc2c(S(=O)(=O)O)cc3ccc(Nc4nc(F)nc(N5CCOCC5)n4)cc3c2O)cc1. The number of fused-ring (bicyclic) bond motifs is 1. The van der Waals surface area contributed by atoms with Gasteiger partial charge in [0.2, 0.25) is 11.9 Å². The summed E-state index contributed by atoms with van der Waals surface area (Å²) >= 11 is 0. The van der Waals surface area contributed by atoms with Crippen molar-refractivity contribution >= 4 is 70.1 Å². The number of nitrogens with one attached hydrogen (secondary N) is 1. The van der Waals surface area contributed by atoms with Crippen LogP contribution in [-0.4, -0.2) is 93.1 Å². The Morgan fingerprint density at radius 1 is 0.936 bits per heavy atom. The van der Waals surface area contributed by atoms with Crippen molar-refractivity contribution in [2.75, 3.05) is 48.9 Å². The summed E-state index contributed by atoms with van der Waals surface area (Å²) in [5.74, 6) is -1.53. The van der Waals surface area contributed by atoms with E-state index in [1.165, 1.54) is 30.3 Å². The van der Waals surface area contributed by atoms with Crippen molar-refractivity contribution in [2.24, 2.45) is 10.2 Å². The molecule has 5 rings (SSSR count). The Bertz CT molecular complexity index is 2180. The molecule has 1 fully saturated rings. The van der Waals surface area contributed by atoms with Crippen molar-refractivity contribution in [2.45, 2.75) is 9.79 Å². The average molecular weight is 714 g/mol. The molecule has 47 heavy (non-hydrogen) atoms. The molecular formula is C25H24FN7O11S3. The molecule has 0 saturated carbocycles. The van der Waals surface area contributed by atoms with Crippen LogP contribution in [0.2, 0.25) is 0 Å². The highest BCUT2D eigenvalue weighted by Crippen LogP contribution is 2.42. The second kappa shape index (κ2) is 13.3. The second-order valence-electron chi connectivity index (χ2n) is 9.70. The average Bonchev–Trinajstić information content (AvgIpc) is 3.00. The molecule has 250 valence electrons. The fourth-order valence-electron chi connectivity index (χ4n) is 4.34. The molecule has 0 atom stereocenters. The topological polar surface area (TPSA) is 260 Å². The molecule has 2 heterocycles. The lowest BCUT2D eigenvalue weighted by atomic mass is 10.1. The number of halogens is 1. The van der Waals surface area contributed by atoms with Gasteiger partial charge in [-0.1, -0.05) is 6.07 Å². The van der Waals surface area contributed by atoms with Crippen LogP contribution in [0.25, 0.3) is 10.8 Å². The molecule has 4 aromatic rings. The highest BCUT2D eigenvalue weighted by atomic mass is 32.3. The third-order valence-corrected chi connectivity index (χ3v) is 9.55. The number of sulfone groups is 1. The summed E-state index contributed by atoms with van der Waals surface area (Å²) in [5.41, 5.74) is -0.383. The van der Waals surface area contributed by atoms with E-state index >= 15 is 0 Å². The molecule has 1 aliphatic rings. The first-order chi connectivity index (χ1) is 22.1. The van der Waals surface area contributed by atoms with E-state index in [1.807, 2.05) is 0 Å². The van der Waals surface area contributed by atoms with Crippen molar-refractivity contribution in [1.29, 1.82) is 0 Å². The van der Waals surface area contributed by atoms with Gasteiger partial charge in [-0.15, -0.1) is 5.11 Å². The predicted octanol–water partition coefficient (Wildman–Crippen LogP) is 2.70. The number of rotatable bonds is 11. The minimum atomic E-state index is -4.94. The number of hydrogen-bond donors (Lipinski definition) is 4. The van der Waals surface area contributed by atoms with E-state index < -0.39 is 65.1 Å². The molecule has 1 aliphatic heterocycles. The third kappa shape index (κ3) is 8.48. The van der Waals surface area contributed by atoms with E-state index in [9.17, 15) is 39.3 Å². The van der Waals surface area contributed by atoms with Crippen LogP contribution in [0.15, 0.2) is 68.6 Å². The lowest BCUT2D eigenvalue weighted by Crippen LogP contribution is -2.37. The van der Waals surface area contributed by atoms with Crippen LogP contribution in [0.3, 0.4) is 0 Å². The summed E-state index contributed by atoms with van der Waals surface area (Å²) in [6, 6.07) is 9.88. The van der Waals surface area contributed by atoms with Crippen LogP contribution < -0.4 is 10.2 Å². The van der Waals surface area contributed by atoms with E-state index in [0.717, 1.165) is 18.2 Å². The van der Waals surface area contributed by atoms with Gasteiger partial charge in [0.15, 0.2) is 15.6 Å². The van der Waals surface area contributed by atoms with Crippen LogP contribution >= 0.6 is 0 Å². The van der Waals surface area contributed by atoms with Gasteiger partial charge >= 0.3 is 16.5 Å². The highest BCUT2D eigenvalue weighted by molar-refractivity contribution is 7.91. The molecule has 0 aliphatic carbocycles. The van der Waals surface area contributed by atoms with Gasteiger partial charge in [-0.3, -0.25) is 9.11 Å². The molecule has 0 bridgehead atoms. The van der Waals surface area contributed by atoms with Crippen LogP contribution in [0, 0.1) is 6.08 Å². The fraction of sp³-hybridized carbons (Fsp3) is 0.240. The number of hydrogen-bond acceptors (Lipinski definition) is 16. The van der Waals surface area contributed by atoms with Crippen molar-refractivity contribution in [3.05, 3.63) is 54.6 Å². The third-order valence-electron chi connectivity index (χ3n) is 6.52. The molecule has 0 radical (unpaired) electrons. The number of azo groups is 1. The van der Waals surface area contributed by atoms with Crippen molar-refractivity contribution in [3.8, 4) is 5.75 Å². The van der Waals surface area contributed by atoms with Gasteiger partial charge in [0.05, 0.1) is 36.2 Å². The number of aromatic nitrogens is 3. The van der Waals surface area contributed by atoms with Crippen molar-refractivity contribution < 1.29 is 52.8 Å². The Morgan fingerprint density at radius 2 is 1.64 bits per heavy atom. The highest BCUT2D eigenvalue weighted by Gasteiger charge is 2.23. The maximum absolute atomic E-state index is 14.2. The zero-order chi connectivity index (χ0) is 34.0. The fourth-order valence-corrected chi connectivity index (χ4v) is 6.48. The smallest absolute Gasteiger partial charge is 0.397 e. The van der Waals surface area contributed by atoms with Crippen molar-refractivity contribution in [3.63, 3.8) is 0 Å². The molecule has 1 aromatic heterocycles. The number of anilines is 3. The molecule has 0 amide bonds. The molecule has 18 nitrogen and oxygen atoms in total. The number of phenolic OH excluding ortho intramolecular Hbond substituents is 1. The summed E-state index contributed by atoms with van der Waals surface area (Å²) in [4.78, 5) is 12.3. The van der Waals surface area contributed by atoms with E-state index in [4.69, 9.17) is 9.29 Å². The zero-order valence-corrected chi connectivity index (χ0v) is 26.2. The lowest BCUT2D eigenvalue weighted by molar-refractivity contribution is 0.122. The number of phenols is 1. The van der Waals surface area contributed by atoms with Crippen LogP contribution in [0.5, 0.6) is 5.75 Å². The molecule has 4 N–H and O–H groups in total. The maximum atomic E-state index is 14.2. The zero-order valence-electron chi connectivity index (χ0n) is 23.8. The summed E-state index contributed by atoms with van der Waals surface area (Å²) in [6.07, 6.45) is -1.04. The summed E-state index contributed by atoms with van der Waals surface area (Å²) in [6.45, 7) is 0.880. The Kier molecular flexibility index (Phi) is 9.63. The van der Waals surface area contributed by atoms with Gasteiger partial charge in [0, 0.05) is 24.2 Å². The standard InChI is InChI=1S/C25H24FN7O11S3/c26-23-28-24(30-25(29-23)33-7-9-43-10-8-33)27-17-2-1-15-13-20(46(37,38)39)21(22(34)19(15)14-17)32-31-16-3-5-18(6-4-16)45(35,36)12-11-44-47(40,41)42/h1-6,13-14,34H,7-12H2,(H,37,38,39)(H,40,41,42)(H,27,28,29,30). The molecule has 0 spiro atoms. The van der Waals surface area contributed by atoms with Gasteiger partial charge in [0.1, 0.15) is 10.6 Å². The van der Waals surface area contributed by atoms with E-state index in [-0.39, 0.29) is 38.9 Å². The van der Waals surface area contributed by atoms with E-state index in [0.29, 0.717) is 26.3 Å². The molecule has 3 aromatic carbocycles. The van der Waals surface area contributed by atoms with Crippen LogP contribution in [0.4, 0.5) is 33.3 Å². The van der Waals surface area contributed by atoms with Crippen LogP contribution in [0.1, 0.15) is 0 Å². The normalized spacial score (nSPS) is 14.6. The van der Waals surface area contributed by atoms with Gasteiger partial charge in [-0.05, 0) is 47.9 Å². The summed E-state index contributed by atoms with van der Waals surface area (Å²) in [5, 5.41) is 21.8. The number of nitrogens with zero attached hydrogens (tertiary/aromatic N) is 6. The number of benzene rings is 3. The monoisotopic (exact) mass is 713 g/mol. The second-order valence-corrected chi connectivity index (χ2v) is 14.3. The Balaban J connectivity index is 1.43. The van der Waals surface area contributed by atoms with Gasteiger partial charge < -0.3 is 20.1 Å². The Morgan fingerprint density at radius 3 is 2.30 bits per heavy atom. The Hall–Kier alpha value is -4.45. The van der Waals surface area contributed by atoms with E-state index in [1.54, 1.807) is 4.90 Å². The van der Waals surface area contributed by atoms with Crippen LogP contribution in [-0.2, 0) is 39.3 Å². The number of morpholine rings is 1. The van der Waals surface area contributed by atoms with E-state index in [2.05, 4.69) is 34.7 Å². The summed E-state index contributed by atoms with van der Waals surface area (Å²) < 4.78 is 113. The van der Waals surface area contributed by atoms with Crippen molar-refractivity contribution in [1.82, 2.24) is 15.0 Å². The minimum absolute atomic E-state index is 0.00210. The Labute approximate surface area is 266 Å². The largest absolute Gasteiger partial charge is 0.505 e. The van der Waals surface area contributed by atoms with Gasteiger partial charge in [0.25, 0.3) is 10.1 Å². The van der Waals surface area contributed by atoms with Gasteiger partial charge in [-0.2, -0.15) is 41.3 Å². The molecule has 1 saturated heterocycles. The number of aromatic hydroxyl groups is 1. The quantitative estimate of drug-likeness (QED) is 0.129. The molecule has 0 unspecified atom stereocenters. The lowest BCUT2D eigenvalue weighted by Gasteiger charge is -2.26. The maximum Gasteiger partial charge on any atom is 0.397 e. The number of ether oxygens (including phenoxy) is 1. The summed E-state index contributed by atoms with van der Waals surface area (Å²) in [7, 11) is -13.8. The van der Waals surface area contributed by atoms with Gasteiger partial charge in [-0.25, -0.2) is 12.6 Å².